The Morgan fingerprint density at radius 1 is 1.08 bits per heavy atom. The molecule has 7 heteroatoms. The molecule has 0 aromatic heterocycles. The lowest BCUT2D eigenvalue weighted by molar-refractivity contribution is -0.184. The number of amides is 1. The Balaban J connectivity index is 1.92. The van der Waals surface area contributed by atoms with Crippen molar-refractivity contribution in [3.8, 4) is 0 Å². The molecule has 2 aliphatic rings. The van der Waals surface area contributed by atoms with Gasteiger partial charge in [0.25, 0.3) is 0 Å². The van der Waals surface area contributed by atoms with Gasteiger partial charge in [-0.1, -0.05) is 20.8 Å². The van der Waals surface area contributed by atoms with Crippen LogP contribution in [0.15, 0.2) is 0 Å². The SMILES string of the molecule is C[C@@H](N1CCN([C@H]2CCCN(CC(C)(C)C)C2=O)CC1)C(F)(F)F. The number of halogens is 3. The highest BCUT2D eigenvalue weighted by Gasteiger charge is 2.42. The Labute approximate surface area is 143 Å². The molecule has 2 fully saturated rings. The van der Waals surface area contributed by atoms with Crippen molar-refractivity contribution in [3.05, 3.63) is 0 Å². The highest BCUT2D eigenvalue weighted by molar-refractivity contribution is 5.82. The van der Waals surface area contributed by atoms with Crippen molar-refractivity contribution >= 4 is 5.91 Å². The van der Waals surface area contributed by atoms with Gasteiger partial charge in [-0.15, -0.1) is 0 Å². The number of nitrogens with zero attached hydrogens (tertiary/aromatic N) is 3. The van der Waals surface area contributed by atoms with Crippen LogP contribution < -0.4 is 0 Å². The Bertz CT molecular complexity index is 439. The van der Waals surface area contributed by atoms with Crippen LogP contribution in [0.1, 0.15) is 40.5 Å². The fourth-order valence-corrected chi connectivity index (χ4v) is 3.63. The van der Waals surface area contributed by atoms with E-state index in [0.717, 1.165) is 25.9 Å². The molecule has 24 heavy (non-hydrogen) atoms. The standard InChI is InChI=1S/C17H30F3N3O/c1-13(17(18,19)20)21-8-10-22(11-9-21)14-6-5-7-23(15(14)24)12-16(2,3)4/h13-14H,5-12H2,1-4H3/t13-,14+/m1/s1. The van der Waals surface area contributed by atoms with Crippen molar-refractivity contribution in [1.82, 2.24) is 14.7 Å². The van der Waals surface area contributed by atoms with Crippen LogP contribution in [0.2, 0.25) is 0 Å². The summed E-state index contributed by atoms with van der Waals surface area (Å²) in [6.45, 7) is 10.9. The lowest BCUT2D eigenvalue weighted by Gasteiger charge is -2.44. The minimum Gasteiger partial charge on any atom is -0.341 e. The lowest BCUT2D eigenvalue weighted by atomic mass is 9.93. The maximum Gasteiger partial charge on any atom is 0.403 e. The van der Waals surface area contributed by atoms with Crippen LogP contribution >= 0.6 is 0 Å². The van der Waals surface area contributed by atoms with E-state index < -0.39 is 12.2 Å². The van der Waals surface area contributed by atoms with E-state index in [1.165, 1.54) is 11.8 Å². The molecular weight excluding hydrogens is 319 g/mol. The molecule has 0 aromatic carbocycles. The van der Waals surface area contributed by atoms with Crippen molar-refractivity contribution < 1.29 is 18.0 Å². The molecule has 0 aromatic rings. The molecule has 0 saturated carbocycles. The number of rotatable bonds is 3. The second kappa shape index (κ2) is 7.20. The molecule has 0 spiro atoms. The summed E-state index contributed by atoms with van der Waals surface area (Å²) >= 11 is 0. The molecule has 2 rings (SSSR count). The number of hydrogen-bond donors (Lipinski definition) is 0. The molecule has 2 heterocycles. The van der Waals surface area contributed by atoms with Crippen molar-refractivity contribution in [2.45, 2.75) is 58.8 Å². The van der Waals surface area contributed by atoms with Gasteiger partial charge < -0.3 is 4.90 Å². The molecule has 0 radical (unpaired) electrons. The van der Waals surface area contributed by atoms with Crippen LogP contribution in [0.3, 0.4) is 0 Å². The fraction of sp³-hybridized carbons (Fsp3) is 0.941. The first kappa shape index (κ1) is 19.5. The quantitative estimate of drug-likeness (QED) is 0.784. The molecule has 2 saturated heterocycles. The summed E-state index contributed by atoms with van der Waals surface area (Å²) in [5, 5.41) is 0. The van der Waals surface area contributed by atoms with Crippen LogP contribution in [0.5, 0.6) is 0 Å². The van der Waals surface area contributed by atoms with Gasteiger partial charge in [0, 0.05) is 39.3 Å². The maximum absolute atomic E-state index is 12.8. The topological polar surface area (TPSA) is 26.8 Å². The summed E-state index contributed by atoms with van der Waals surface area (Å²) in [6, 6.07) is -1.58. The molecule has 140 valence electrons. The normalized spacial score (nSPS) is 26.7. The van der Waals surface area contributed by atoms with E-state index >= 15 is 0 Å². The minimum absolute atomic E-state index is 0.0540. The molecular formula is C17H30F3N3O. The summed E-state index contributed by atoms with van der Waals surface area (Å²) in [4.78, 5) is 18.2. The number of alkyl halides is 3. The van der Waals surface area contributed by atoms with Gasteiger partial charge in [0.05, 0.1) is 6.04 Å². The van der Waals surface area contributed by atoms with Gasteiger partial charge in [-0.25, -0.2) is 0 Å². The van der Waals surface area contributed by atoms with E-state index in [1.807, 2.05) is 4.90 Å². The van der Waals surface area contributed by atoms with Crippen molar-refractivity contribution in [3.63, 3.8) is 0 Å². The van der Waals surface area contributed by atoms with Crippen LogP contribution in [0.4, 0.5) is 13.2 Å². The smallest absolute Gasteiger partial charge is 0.341 e. The van der Waals surface area contributed by atoms with E-state index in [-0.39, 0.29) is 17.4 Å². The van der Waals surface area contributed by atoms with Gasteiger partial charge >= 0.3 is 6.18 Å². The van der Waals surface area contributed by atoms with Gasteiger partial charge in [0.1, 0.15) is 6.04 Å². The van der Waals surface area contributed by atoms with Crippen LogP contribution in [-0.4, -0.2) is 78.1 Å². The van der Waals surface area contributed by atoms with Crippen LogP contribution in [0, 0.1) is 5.41 Å². The number of hydrogen-bond acceptors (Lipinski definition) is 3. The Morgan fingerprint density at radius 2 is 1.67 bits per heavy atom. The number of carbonyl (C=O) groups excluding carboxylic acids is 1. The summed E-state index contributed by atoms with van der Waals surface area (Å²) in [7, 11) is 0. The van der Waals surface area contributed by atoms with E-state index in [2.05, 4.69) is 25.7 Å². The first-order valence-electron chi connectivity index (χ1n) is 8.82. The zero-order valence-corrected chi connectivity index (χ0v) is 15.2. The monoisotopic (exact) mass is 349 g/mol. The average Bonchev–Trinajstić information content (AvgIpc) is 2.47. The predicted molar refractivity (Wildman–Crippen MR) is 87.7 cm³/mol. The third-order valence-corrected chi connectivity index (χ3v) is 4.98. The van der Waals surface area contributed by atoms with Crippen LogP contribution in [0.25, 0.3) is 0 Å². The minimum atomic E-state index is -4.19. The fourth-order valence-electron chi connectivity index (χ4n) is 3.63. The molecule has 0 aliphatic carbocycles. The summed E-state index contributed by atoms with van der Waals surface area (Å²) in [5.41, 5.74) is 0.0540. The van der Waals surface area contributed by atoms with Crippen molar-refractivity contribution in [1.29, 1.82) is 0 Å². The largest absolute Gasteiger partial charge is 0.403 e. The second-order valence-corrected chi connectivity index (χ2v) is 8.27. The first-order valence-corrected chi connectivity index (χ1v) is 8.82. The average molecular weight is 349 g/mol. The highest BCUT2D eigenvalue weighted by atomic mass is 19.4. The summed E-state index contributed by atoms with van der Waals surface area (Å²) in [5.74, 6) is 0.147. The molecule has 4 nitrogen and oxygen atoms in total. The van der Waals surface area contributed by atoms with E-state index in [0.29, 0.717) is 26.2 Å². The summed E-state index contributed by atoms with van der Waals surface area (Å²) < 4.78 is 38.5. The summed E-state index contributed by atoms with van der Waals surface area (Å²) in [6.07, 6.45) is -2.41. The molecule has 2 aliphatic heterocycles. The molecule has 2 atom stereocenters. The first-order chi connectivity index (χ1) is 11.0. The third kappa shape index (κ3) is 4.85. The van der Waals surface area contributed by atoms with E-state index in [1.54, 1.807) is 0 Å². The Kier molecular flexibility index (Phi) is 5.85. The maximum atomic E-state index is 12.8. The molecule has 0 bridgehead atoms. The van der Waals surface area contributed by atoms with Gasteiger partial charge in [-0.2, -0.15) is 13.2 Å². The molecule has 0 unspecified atom stereocenters. The number of piperazine rings is 1. The molecule has 0 N–H and O–H groups in total. The zero-order chi connectivity index (χ0) is 18.1. The predicted octanol–water partition coefficient (Wildman–Crippen LogP) is 2.59. The van der Waals surface area contributed by atoms with E-state index in [9.17, 15) is 18.0 Å². The van der Waals surface area contributed by atoms with Gasteiger partial charge in [0.15, 0.2) is 0 Å². The van der Waals surface area contributed by atoms with Crippen LogP contribution in [-0.2, 0) is 4.79 Å². The number of carbonyl (C=O) groups is 1. The third-order valence-electron chi connectivity index (χ3n) is 4.98. The van der Waals surface area contributed by atoms with Gasteiger partial charge in [0.2, 0.25) is 5.91 Å². The van der Waals surface area contributed by atoms with Gasteiger partial charge in [-0.3, -0.25) is 14.6 Å². The van der Waals surface area contributed by atoms with Gasteiger partial charge in [-0.05, 0) is 25.2 Å². The number of likely N-dealkylation sites (tertiary alicyclic amines) is 1. The molecule has 1 amide bonds. The van der Waals surface area contributed by atoms with Crippen molar-refractivity contribution in [2.24, 2.45) is 5.41 Å². The van der Waals surface area contributed by atoms with E-state index in [4.69, 9.17) is 0 Å². The number of piperidine rings is 1. The zero-order valence-electron chi connectivity index (χ0n) is 15.2. The highest BCUT2D eigenvalue weighted by Crippen LogP contribution is 2.27. The lowest BCUT2D eigenvalue weighted by Crippen LogP contribution is -2.60. The Morgan fingerprint density at radius 3 is 2.17 bits per heavy atom. The second-order valence-electron chi connectivity index (χ2n) is 8.27. The van der Waals surface area contributed by atoms with Crippen molar-refractivity contribution in [2.75, 3.05) is 39.3 Å². The Hall–Kier alpha value is -0.820.